The van der Waals surface area contributed by atoms with Crippen molar-refractivity contribution in [2.24, 2.45) is 7.05 Å². The molecule has 1 heterocycles. The Balaban J connectivity index is 0.00000220. The Hall–Kier alpha value is -1.60. The number of benzene rings is 1. The predicted molar refractivity (Wildman–Crippen MR) is 72.4 cm³/mol. The molecule has 0 aliphatic rings. The van der Waals surface area contributed by atoms with Gasteiger partial charge in [0.25, 0.3) is 0 Å². The lowest BCUT2D eigenvalue weighted by Crippen LogP contribution is -2.18. The minimum absolute atomic E-state index is 0. The minimum Gasteiger partial charge on any atom is -0.308 e. The number of nitrogens with zero attached hydrogens (tertiary/aromatic N) is 2. The molecule has 1 N–H and O–H groups in total. The van der Waals surface area contributed by atoms with Crippen molar-refractivity contribution in [1.29, 1.82) is 0 Å². The van der Waals surface area contributed by atoms with Crippen LogP contribution in [-0.4, -0.2) is 9.78 Å². The van der Waals surface area contributed by atoms with Crippen LogP contribution in [0.15, 0.2) is 30.5 Å². The smallest absolute Gasteiger partial charge is 0.308 e. The van der Waals surface area contributed by atoms with Crippen LogP contribution in [0.4, 0.5) is 17.6 Å². The first-order chi connectivity index (χ1) is 9.38. The van der Waals surface area contributed by atoms with Crippen molar-refractivity contribution in [1.82, 2.24) is 15.1 Å². The second-order valence-electron chi connectivity index (χ2n) is 4.37. The highest BCUT2D eigenvalue weighted by molar-refractivity contribution is 5.85. The molecule has 0 spiro atoms. The molecule has 21 heavy (non-hydrogen) atoms. The van der Waals surface area contributed by atoms with Crippen LogP contribution in [-0.2, 0) is 26.3 Å². The average molecular weight is 324 g/mol. The van der Waals surface area contributed by atoms with Gasteiger partial charge in [0.15, 0.2) is 0 Å². The second kappa shape index (κ2) is 6.91. The maximum Gasteiger partial charge on any atom is 0.433 e. The van der Waals surface area contributed by atoms with Crippen LogP contribution in [0, 0.1) is 5.82 Å². The molecule has 1 aromatic heterocycles. The third kappa shape index (κ3) is 4.44. The Labute approximate surface area is 125 Å². The second-order valence-corrected chi connectivity index (χ2v) is 4.37. The lowest BCUT2D eigenvalue weighted by atomic mass is 10.2. The standard InChI is InChI=1S/C13H13F4N3.ClH/c1-20-12(13(15,16)17)10(8-19-20)7-18-6-9-2-4-11(14)5-3-9;/h2-5,8,18H,6-7H2,1H3;1H. The lowest BCUT2D eigenvalue weighted by molar-refractivity contribution is -0.144. The molecular weight excluding hydrogens is 310 g/mol. The molecule has 8 heteroatoms. The first-order valence-corrected chi connectivity index (χ1v) is 5.91. The zero-order valence-corrected chi connectivity index (χ0v) is 11.9. The number of halogens is 5. The van der Waals surface area contributed by atoms with Gasteiger partial charge >= 0.3 is 6.18 Å². The highest BCUT2D eigenvalue weighted by atomic mass is 35.5. The van der Waals surface area contributed by atoms with Crippen molar-refractivity contribution in [2.45, 2.75) is 19.3 Å². The maximum absolute atomic E-state index is 12.8. The summed E-state index contributed by atoms with van der Waals surface area (Å²) in [6.45, 7) is 0.395. The summed E-state index contributed by atoms with van der Waals surface area (Å²) in [5.41, 5.74) is 0.120. The average Bonchev–Trinajstić information content (AvgIpc) is 2.73. The molecule has 0 unspecified atom stereocenters. The van der Waals surface area contributed by atoms with Gasteiger partial charge in [-0.05, 0) is 17.7 Å². The third-order valence-electron chi connectivity index (χ3n) is 2.84. The van der Waals surface area contributed by atoms with Crippen molar-refractivity contribution >= 4 is 12.4 Å². The van der Waals surface area contributed by atoms with E-state index in [1.807, 2.05) is 0 Å². The fraction of sp³-hybridized carbons (Fsp3) is 0.308. The van der Waals surface area contributed by atoms with Gasteiger partial charge in [0.1, 0.15) is 11.5 Å². The number of rotatable bonds is 4. The van der Waals surface area contributed by atoms with Gasteiger partial charge in [0.05, 0.1) is 6.20 Å². The van der Waals surface area contributed by atoms with Crippen molar-refractivity contribution in [3.63, 3.8) is 0 Å². The lowest BCUT2D eigenvalue weighted by Gasteiger charge is -2.10. The summed E-state index contributed by atoms with van der Waals surface area (Å²) in [6, 6.07) is 5.77. The van der Waals surface area contributed by atoms with E-state index in [0.717, 1.165) is 10.2 Å². The van der Waals surface area contributed by atoms with Gasteiger partial charge in [-0.1, -0.05) is 12.1 Å². The molecule has 0 saturated heterocycles. The molecule has 0 atom stereocenters. The van der Waals surface area contributed by atoms with Crippen LogP contribution in [0.3, 0.4) is 0 Å². The van der Waals surface area contributed by atoms with Gasteiger partial charge in [0.2, 0.25) is 0 Å². The van der Waals surface area contributed by atoms with Crippen molar-refractivity contribution in [3.05, 3.63) is 53.1 Å². The van der Waals surface area contributed by atoms with E-state index < -0.39 is 11.9 Å². The molecule has 0 radical (unpaired) electrons. The van der Waals surface area contributed by atoms with Crippen LogP contribution in [0.2, 0.25) is 0 Å². The SMILES string of the molecule is Cl.Cn1ncc(CNCc2ccc(F)cc2)c1C(F)(F)F. The number of aryl methyl sites for hydroxylation is 1. The zero-order valence-electron chi connectivity index (χ0n) is 11.1. The van der Waals surface area contributed by atoms with Crippen LogP contribution >= 0.6 is 12.4 Å². The Morgan fingerprint density at radius 1 is 1.14 bits per heavy atom. The maximum atomic E-state index is 12.8. The van der Waals surface area contributed by atoms with E-state index in [2.05, 4.69) is 10.4 Å². The van der Waals surface area contributed by atoms with Crippen molar-refractivity contribution in [2.75, 3.05) is 0 Å². The van der Waals surface area contributed by atoms with E-state index in [4.69, 9.17) is 0 Å². The van der Waals surface area contributed by atoms with Crippen LogP contribution < -0.4 is 5.32 Å². The van der Waals surface area contributed by atoms with Gasteiger partial charge in [-0.3, -0.25) is 4.68 Å². The Morgan fingerprint density at radius 2 is 1.76 bits per heavy atom. The van der Waals surface area contributed by atoms with Gasteiger partial charge < -0.3 is 5.32 Å². The van der Waals surface area contributed by atoms with Crippen molar-refractivity contribution < 1.29 is 17.6 Å². The molecule has 2 aromatic rings. The Bertz CT molecular complexity index is 578. The van der Waals surface area contributed by atoms with Gasteiger partial charge in [-0.2, -0.15) is 18.3 Å². The predicted octanol–water partition coefficient (Wildman–Crippen LogP) is 3.29. The van der Waals surface area contributed by atoms with E-state index in [1.165, 1.54) is 25.4 Å². The van der Waals surface area contributed by atoms with Crippen molar-refractivity contribution in [3.8, 4) is 0 Å². The van der Waals surface area contributed by atoms with Crippen LogP contribution in [0.5, 0.6) is 0 Å². The minimum atomic E-state index is -4.43. The molecule has 0 aliphatic carbocycles. The van der Waals surface area contributed by atoms with Crippen LogP contribution in [0.1, 0.15) is 16.8 Å². The molecule has 1 aromatic carbocycles. The fourth-order valence-corrected chi connectivity index (χ4v) is 1.92. The number of hydrogen-bond acceptors (Lipinski definition) is 2. The monoisotopic (exact) mass is 323 g/mol. The summed E-state index contributed by atoms with van der Waals surface area (Å²) in [5.74, 6) is -0.347. The molecule has 0 bridgehead atoms. The third-order valence-corrected chi connectivity index (χ3v) is 2.84. The summed E-state index contributed by atoms with van der Waals surface area (Å²) in [4.78, 5) is 0. The highest BCUT2D eigenvalue weighted by Crippen LogP contribution is 2.31. The molecule has 0 amide bonds. The van der Waals surface area contributed by atoms with Gasteiger partial charge in [-0.25, -0.2) is 4.39 Å². The summed E-state index contributed by atoms with van der Waals surface area (Å²) >= 11 is 0. The molecular formula is C13H14ClF4N3. The number of aromatic nitrogens is 2. The largest absolute Gasteiger partial charge is 0.433 e. The number of hydrogen-bond donors (Lipinski definition) is 1. The fourth-order valence-electron chi connectivity index (χ4n) is 1.92. The molecule has 0 saturated carbocycles. The van der Waals surface area contributed by atoms with E-state index in [9.17, 15) is 17.6 Å². The number of nitrogens with one attached hydrogen (secondary N) is 1. The van der Waals surface area contributed by atoms with E-state index >= 15 is 0 Å². The van der Waals surface area contributed by atoms with E-state index in [1.54, 1.807) is 12.1 Å². The highest BCUT2D eigenvalue weighted by Gasteiger charge is 2.36. The summed E-state index contributed by atoms with van der Waals surface area (Å²) in [6.07, 6.45) is -3.24. The summed E-state index contributed by atoms with van der Waals surface area (Å²) < 4.78 is 51.9. The summed E-state index contributed by atoms with van der Waals surface area (Å²) in [7, 11) is 1.26. The zero-order chi connectivity index (χ0) is 14.8. The van der Waals surface area contributed by atoms with E-state index in [0.29, 0.717) is 6.54 Å². The number of alkyl halides is 3. The Kier molecular flexibility index (Phi) is 5.74. The topological polar surface area (TPSA) is 29.9 Å². The first kappa shape index (κ1) is 17.5. The quantitative estimate of drug-likeness (QED) is 0.875. The molecule has 3 nitrogen and oxygen atoms in total. The molecule has 0 fully saturated rings. The molecule has 0 aliphatic heterocycles. The molecule has 2 rings (SSSR count). The van der Waals surface area contributed by atoms with Gasteiger partial charge in [0, 0.05) is 25.7 Å². The first-order valence-electron chi connectivity index (χ1n) is 5.91. The summed E-state index contributed by atoms with van der Waals surface area (Å²) in [5, 5.41) is 6.51. The van der Waals surface area contributed by atoms with Crippen LogP contribution in [0.25, 0.3) is 0 Å². The normalized spacial score (nSPS) is 11.3. The van der Waals surface area contributed by atoms with Gasteiger partial charge in [-0.15, -0.1) is 12.4 Å². The Morgan fingerprint density at radius 3 is 2.33 bits per heavy atom. The molecule has 116 valence electrons. The van der Waals surface area contributed by atoms with E-state index in [-0.39, 0.29) is 30.3 Å².